The van der Waals surface area contributed by atoms with Gasteiger partial charge in [-0.1, -0.05) is 54.5 Å². The molecule has 36 heavy (non-hydrogen) atoms. The standard InChI is InChI=1S/C27H29N5O4/c1-3-14-29-18-24-31(23(26(29)35)16-20-10-12-22(33)13-11-20)25(34)19-30(15-4-2)32(24)27(36)28-17-21-8-6-5-7-9-21/h1,4-13,23-24,33H,2,14-19H2,(H,28,36). The van der Waals surface area contributed by atoms with Gasteiger partial charge in [0, 0.05) is 19.5 Å². The highest BCUT2D eigenvalue weighted by Gasteiger charge is 2.51. The number of benzene rings is 2. The Morgan fingerprint density at radius 3 is 2.53 bits per heavy atom. The lowest BCUT2D eigenvalue weighted by Crippen LogP contribution is -2.76. The molecule has 2 fully saturated rings. The quantitative estimate of drug-likeness (QED) is 0.457. The van der Waals surface area contributed by atoms with Crippen LogP contribution in [0.3, 0.4) is 0 Å². The van der Waals surface area contributed by atoms with E-state index in [-0.39, 0.29) is 56.2 Å². The molecule has 2 atom stereocenters. The molecule has 0 aliphatic carbocycles. The number of rotatable bonds is 7. The van der Waals surface area contributed by atoms with Gasteiger partial charge >= 0.3 is 6.03 Å². The van der Waals surface area contributed by atoms with Crippen molar-refractivity contribution in [3.63, 3.8) is 0 Å². The van der Waals surface area contributed by atoms with Gasteiger partial charge in [-0.15, -0.1) is 13.0 Å². The Labute approximate surface area is 210 Å². The van der Waals surface area contributed by atoms with E-state index in [9.17, 15) is 19.5 Å². The average molecular weight is 488 g/mol. The number of carbonyl (C=O) groups is 3. The fourth-order valence-corrected chi connectivity index (χ4v) is 4.66. The van der Waals surface area contributed by atoms with Crippen LogP contribution in [0.15, 0.2) is 67.3 Å². The molecule has 4 amide bonds. The summed E-state index contributed by atoms with van der Waals surface area (Å²) in [6, 6.07) is 14.8. The number of terminal acetylenes is 1. The first kappa shape index (κ1) is 24.8. The van der Waals surface area contributed by atoms with E-state index in [0.717, 1.165) is 11.1 Å². The Balaban J connectivity index is 1.66. The van der Waals surface area contributed by atoms with Crippen LogP contribution in [0.4, 0.5) is 4.79 Å². The second-order valence-electron chi connectivity index (χ2n) is 8.72. The normalized spacial score (nSPS) is 20.0. The summed E-state index contributed by atoms with van der Waals surface area (Å²) in [5, 5.41) is 15.7. The molecule has 9 nitrogen and oxygen atoms in total. The third-order valence-corrected chi connectivity index (χ3v) is 6.31. The maximum atomic E-state index is 13.5. The number of phenolic OH excluding ortho intramolecular Hbond substituents is 1. The molecule has 0 spiro atoms. The first-order chi connectivity index (χ1) is 17.4. The largest absolute Gasteiger partial charge is 0.508 e. The number of fused-ring (bicyclic) bond motifs is 1. The van der Waals surface area contributed by atoms with Crippen LogP contribution < -0.4 is 5.32 Å². The summed E-state index contributed by atoms with van der Waals surface area (Å²) in [6.45, 7) is 4.43. The Kier molecular flexibility index (Phi) is 7.56. The Hall–Kier alpha value is -4.29. The maximum absolute atomic E-state index is 13.5. The van der Waals surface area contributed by atoms with Crippen molar-refractivity contribution in [2.45, 2.75) is 25.2 Å². The number of hydrazine groups is 1. The number of nitrogens with one attached hydrogen (secondary N) is 1. The summed E-state index contributed by atoms with van der Waals surface area (Å²) in [6.07, 6.45) is 6.66. The minimum absolute atomic E-state index is 0.0599. The Bertz CT molecular complexity index is 1160. The van der Waals surface area contributed by atoms with Crippen molar-refractivity contribution in [3.8, 4) is 18.1 Å². The van der Waals surface area contributed by atoms with E-state index in [1.54, 1.807) is 23.2 Å². The van der Waals surface area contributed by atoms with Gasteiger partial charge in [0.25, 0.3) is 0 Å². The minimum atomic E-state index is -0.843. The predicted molar refractivity (Wildman–Crippen MR) is 134 cm³/mol. The number of amides is 4. The summed E-state index contributed by atoms with van der Waals surface area (Å²) in [4.78, 5) is 43.3. The highest BCUT2D eigenvalue weighted by molar-refractivity contribution is 5.91. The van der Waals surface area contributed by atoms with E-state index in [1.807, 2.05) is 30.3 Å². The summed E-state index contributed by atoms with van der Waals surface area (Å²) in [5.41, 5.74) is 1.71. The third-order valence-electron chi connectivity index (χ3n) is 6.31. The lowest BCUT2D eigenvalue weighted by atomic mass is 9.98. The molecule has 2 heterocycles. The van der Waals surface area contributed by atoms with Crippen LogP contribution in [0.25, 0.3) is 0 Å². The van der Waals surface area contributed by atoms with Gasteiger partial charge in [0.2, 0.25) is 11.8 Å². The van der Waals surface area contributed by atoms with Crippen LogP contribution in [-0.2, 0) is 22.6 Å². The van der Waals surface area contributed by atoms with Gasteiger partial charge in [0.15, 0.2) is 0 Å². The zero-order valence-corrected chi connectivity index (χ0v) is 19.9. The summed E-state index contributed by atoms with van der Waals surface area (Å²) in [7, 11) is 0. The van der Waals surface area contributed by atoms with Crippen LogP contribution in [0.2, 0.25) is 0 Å². The van der Waals surface area contributed by atoms with Crippen LogP contribution >= 0.6 is 0 Å². The summed E-state index contributed by atoms with van der Waals surface area (Å²) < 4.78 is 0. The first-order valence-corrected chi connectivity index (χ1v) is 11.7. The number of urea groups is 1. The van der Waals surface area contributed by atoms with Crippen molar-refractivity contribution in [1.29, 1.82) is 0 Å². The number of hydrogen-bond donors (Lipinski definition) is 2. The van der Waals surface area contributed by atoms with E-state index in [2.05, 4.69) is 17.8 Å². The average Bonchev–Trinajstić information content (AvgIpc) is 2.87. The fourth-order valence-electron chi connectivity index (χ4n) is 4.66. The summed E-state index contributed by atoms with van der Waals surface area (Å²) in [5.74, 6) is 2.09. The second-order valence-corrected chi connectivity index (χ2v) is 8.72. The molecule has 2 aliphatic heterocycles. The number of phenols is 1. The van der Waals surface area contributed by atoms with Crippen molar-refractivity contribution in [3.05, 3.63) is 78.4 Å². The number of piperazine rings is 1. The molecule has 2 aromatic rings. The Morgan fingerprint density at radius 2 is 1.86 bits per heavy atom. The molecule has 0 aromatic heterocycles. The van der Waals surface area contributed by atoms with E-state index < -0.39 is 12.2 Å². The highest BCUT2D eigenvalue weighted by Crippen LogP contribution is 2.28. The van der Waals surface area contributed by atoms with Gasteiger partial charge in [0.1, 0.15) is 18.0 Å². The van der Waals surface area contributed by atoms with Gasteiger partial charge in [-0.2, -0.15) is 0 Å². The molecule has 2 aromatic carbocycles. The number of carbonyl (C=O) groups excluding carboxylic acids is 3. The van der Waals surface area contributed by atoms with Crippen LogP contribution in [0.5, 0.6) is 5.75 Å². The molecule has 2 aliphatic rings. The number of hydrogen-bond acceptors (Lipinski definition) is 5. The van der Waals surface area contributed by atoms with Crippen molar-refractivity contribution < 1.29 is 19.5 Å². The summed E-state index contributed by atoms with van der Waals surface area (Å²) >= 11 is 0. The molecule has 4 rings (SSSR count). The minimum Gasteiger partial charge on any atom is -0.508 e. The topological polar surface area (TPSA) is 96.4 Å². The Morgan fingerprint density at radius 1 is 1.14 bits per heavy atom. The molecule has 2 saturated heterocycles. The molecule has 9 heteroatoms. The molecule has 0 saturated carbocycles. The van der Waals surface area contributed by atoms with E-state index in [4.69, 9.17) is 6.42 Å². The van der Waals surface area contributed by atoms with Gasteiger partial charge in [-0.05, 0) is 23.3 Å². The predicted octanol–water partition coefficient (Wildman–Crippen LogP) is 1.56. The molecule has 0 radical (unpaired) electrons. The third kappa shape index (κ3) is 5.19. The van der Waals surface area contributed by atoms with Gasteiger partial charge < -0.3 is 20.2 Å². The van der Waals surface area contributed by atoms with Crippen molar-refractivity contribution in [2.24, 2.45) is 0 Å². The monoisotopic (exact) mass is 487 g/mol. The zero-order valence-electron chi connectivity index (χ0n) is 19.9. The van der Waals surface area contributed by atoms with Crippen molar-refractivity contribution >= 4 is 17.8 Å². The highest BCUT2D eigenvalue weighted by atomic mass is 16.3. The second kappa shape index (κ2) is 11.0. The molecule has 2 N–H and O–H groups in total. The van der Waals surface area contributed by atoms with E-state index >= 15 is 0 Å². The van der Waals surface area contributed by atoms with Crippen LogP contribution in [0.1, 0.15) is 11.1 Å². The molecular weight excluding hydrogens is 458 g/mol. The smallest absolute Gasteiger partial charge is 0.334 e. The van der Waals surface area contributed by atoms with Crippen LogP contribution in [0, 0.1) is 12.3 Å². The van der Waals surface area contributed by atoms with Gasteiger partial charge in [0.05, 0.1) is 19.6 Å². The van der Waals surface area contributed by atoms with Crippen LogP contribution in [-0.4, -0.2) is 81.2 Å². The molecular formula is C27H29N5O4. The van der Waals surface area contributed by atoms with Gasteiger partial charge in [-0.3, -0.25) is 9.59 Å². The molecule has 2 unspecified atom stereocenters. The van der Waals surface area contributed by atoms with Crippen molar-refractivity contribution in [2.75, 3.05) is 26.2 Å². The fraction of sp³-hybridized carbons (Fsp3) is 0.296. The number of nitrogens with zero attached hydrogens (tertiary/aromatic N) is 4. The van der Waals surface area contributed by atoms with E-state index in [1.165, 1.54) is 26.9 Å². The SMILES string of the molecule is C#CCN1CC2N(C(=O)CN(CC=C)N2C(=O)NCc2ccccc2)C(Cc2ccc(O)cc2)C1=O. The number of aromatic hydroxyl groups is 1. The van der Waals surface area contributed by atoms with Crippen molar-refractivity contribution in [1.82, 2.24) is 25.1 Å². The first-order valence-electron chi connectivity index (χ1n) is 11.7. The lowest BCUT2D eigenvalue weighted by Gasteiger charge is -2.54. The zero-order chi connectivity index (χ0) is 25.7. The van der Waals surface area contributed by atoms with E-state index in [0.29, 0.717) is 6.54 Å². The van der Waals surface area contributed by atoms with Gasteiger partial charge in [-0.25, -0.2) is 14.8 Å². The molecule has 186 valence electrons. The lowest BCUT2D eigenvalue weighted by molar-refractivity contribution is -0.188. The molecule has 0 bridgehead atoms. The maximum Gasteiger partial charge on any atom is 0.334 e.